The monoisotopic (exact) mass is 266 g/mol. The van der Waals surface area contributed by atoms with Gasteiger partial charge in [0.05, 0.1) is 11.2 Å². The molecule has 0 aromatic carbocycles. The molecule has 0 atom stereocenters. The Balaban J connectivity index is 2.11. The summed E-state index contributed by atoms with van der Waals surface area (Å²) in [5.74, 6) is 0.134. The Morgan fingerprint density at radius 1 is 1.39 bits per heavy atom. The van der Waals surface area contributed by atoms with Gasteiger partial charge in [-0.3, -0.25) is 4.79 Å². The highest BCUT2D eigenvalue weighted by Gasteiger charge is 2.27. The molecule has 18 heavy (non-hydrogen) atoms. The average Bonchev–Trinajstić information content (AvgIpc) is 2.96. The number of hydrogen-bond donors (Lipinski definition) is 0. The minimum Gasteiger partial charge on any atom is -0.338 e. The third-order valence-electron chi connectivity index (χ3n) is 3.55. The standard InChI is InChI=1S/C14H22N2OS/c1-14(2,3)13-15-9-11(18-13)12(17)16(4)10-7-5-6-8-10/h9-10H,5-8H2,1-4H3. The van der Waals surface area contributed by atoms with E-state index >= 15 is 0 Å². The van der Waals surface area contributed by atoms with Crippen molar-refractivity contribution in [1.29, 1.82) is 0 Å². The fraction of sp³-hybridized carbons (Fsp3) is 0.714. The molecule has 2 rings (SSSR count). The van der Waals surface area contributed by atoms with Gasteiger partial charge in [0.15, 0.2) is 0 Å². The molecule has 1 aromatic heterocycles. The SMILES string of the molecule is CN(C(=O)c1cnc(C(C)(C)C)s1)C1CCCC1. The van der Waals surface area contributed by atoms with Crippen molar-refractivity contribution in [2.45, 2.75) is 57.9 Å². The van der Waals surface area contributed by atoms with Gasteiger partial charge in [-0.2, -0.15) is 0 Å². The number of aromatic nitrogens is 1. The van der Waals surface area contributed by atoms with Crippen LogP contribution >= 0.6 is 11.3 Å². The third kappa shape index (κ3) is 2.74. The summed E-state index contributed by atoms with van der Waals surface area (Å²) in [5.41, 5.74) is 0.0229. The van der Waals surface area contributed by atoms with Crippen molar-refractivity contribution < 1.29 is 4.79 Å². The van der Waals surface area contributed by atoms with Crippen LogP contribution in [0.3, 0.4) is 0 Å². The Morgan fingerprint density at radius 3 is 2.50 bits per heavy atom. The summed E-state index contributed by atoms with van der Waals surface area (Å²) in [7, 11) is 1.93. The van der Waals surface area contributed by atoms with Crippen LogP contribution in [-0.2, 0) is 5.41 Å². The number of amides is 1. The fourth-order valence-electron chi connectivity index (χ4n) is 2.35. The largest absolute Gasteiger partial charge is 0.338 e. The van der Waals surface area contributed by atoms with Gasteiger partial charge in [0.2, 0.25) is 0 Å². The molecule has 100 valence electrons. The number of rotatable bonds is 2. The molecule has 1 aromatic rings. The van der Waals surface area contributed by atoms with Crippen molar-refractivity contribution in [3.05, 3.63) is 16.1 Å². The molecule has 0 spiro atoms. The predicted molar refractivity (Wildman–Crippen MR) is 75.2 cm³/mol. The molecule has 0 saturated heterocycles. The van der Waals surface area contributed by atoms with Gasteiger partial charge in [0.25, 0.3) is 5.91 Å². The molecule has 1 aliphatic rings. The van der Waals surface area contributed by atoms with Crippen LogP contribution < -0.4 is 0 Å². The molecule has 0 radical (unpaired) electrons. The van der Waals surface area contributed by atoms with E-state index in [0.29, 0.717) is 6.04 Å². The highest BCUT2D eigenvalue weighted by atomic mass is 32.1. The van der Waals surface area contributed by atoms with E-state index in [-0.39, 0.29) is 11.3 Å². The summed E-state index contributed by atoms with van der Waals surface area (Å²) in [4.78, 5) is 19.4. The first-order valence-corrected chi connectivity index (χ1v) is 7.44. The van der Waals surface area contributed by atoms with Crippen molar-refractivity contribution >= 4 is 17.2 Å². The molecule has 0 bridgehead atoms. The summed E-state index contributed by atoms with van der Waals surface area (Å²) >= 11 is 1.53. The topological polar surface area (TPSA) is 33.2 Å². The van der Waals surface area contributed by atoms with Gasteiger partial charge in [-0.15, -0.1) is 11.3 Å². The van der Waals surface area contributed by atoms with Crippen LogP contribution in [0.2, 0.25) is 0 Å². The van der Waals surface area contributed by atoms with Crippen LogP contribution in [0.5, 0.6) is 0 Å². The van der Waals surface area contributed by atoms with Crippen LogP contribution in [0.1, 0.15) is 61.1 Å². The van der Waals surface area contributed by atoms with Gasteiger partial charge in [0, 0.05) is 18.5 Å². The van der Waals surface area contributed by atoms with E-state index in [2.05, 4.69) is 25.8 Å². The Bertz CT molecular complexity index is 427. The molecule has 1 fully saturated rings. The number of carbonyl (C=O) groups is 1. The lowest BCUT2D eigenvalue weighted by Gasteiger charge is -2.23. The number of nitrogens with zero attached hydrogens (tertiary/aromatic N) is 2. The van der Waals surface area contributed by atoms with Gasteiger partial charge in [-0.25, -0.2) is 4.98 Å². The normalized spacial score (nSPS) is 17.1. The van der Waals surface area contributed by atoms with Crippen molar-refractivity contribution in [2.24, 2.45) is 0 Å². The molecular formula is C14H22N2OS. The molecule has 1 aliphatic carbocycles. The lowest BCUT2D eigenvalue weighted by Crippen LogP contribution is -2.34. The van der Waals surface area contributed by atoms with Gasteiger partial charge in [0.1, 0.15) is 4.88 Å². The maximum absolute atomic E-state index is 12.4. The molecule has 4 heteroatoms. The molecule has 1 heterocycles. The van der Waals surface area contributed by atoms with Gasteiger partial charge < -0.3 is 4.90 Å². The van der Waals surface area contributed by atoms with Crippen LogP contribution in [-0.4, -0.2) is 28.9 Å². The number of hydrogen-bond acceptors (Lipinski definition) is 3. The molecule has 0 N–H and O–H groups in total. The van der Waals surface area contributed by atoms with Crippen LogP contribution in [0.15, 0.2) is 6.20 Å². The van der Waals surface area contributed by atoms with Crippen molar-refractivity contribution in [3.8, 4) is 0 Å². The van der Waals surface area contributed by atoms with Crippen molar-refractivity contribution in [1.82, 2.24) is 9.88 Å². The van der Waals surface area contributed by atoms with E-state index in [0.717, 1.165) is 22.7 Å². The van der Waals surface area contributed by atoms with Gasteiger partial charge >= 0.3 is 0 Å². The molecule has 0 aliphatic heterocycles. The van der Waals surface area contributed by atoms with Gasteiger partial charge in [-0.05, 0) is 12.8 Å². The van der Waals surface area contributed by atoms with Gasteiger partial charge in [-0.1, -0.05) is 33.6 Å². The van der Waals surface area contributed by atoms with E-state index < -0.39 is 0 Å². The first-order chi connectivity index (χ1) is 8.39. The molecule has 1 saturated carbocycles. The maximum atomic E-state index is 12.4. The Kier molecular flexibility index (Phi) is 3.76. The average molecular weight is 266 g/mol. The molecule has 0 unspecified atom stereocenters. The summed E-state index contributed by atoms with van der Waals surface area (Å²) in [5, 5.41) is 1.03. The zero-order chi connectivity index (χ0) is 13.3. The highest BCUT2D eigenvalue weighted by Crippen LogP contribution is 2.29. The second kappa shape index (κ2) is 5.00. The van der Waals surface area contributed by atoms with E-state index in [1.54, 1.807) is 6.20 Å². The predicted octanol–water partition coefficient (Wildman–Crippen LogP) is 3.46. The van der Waals surface area contributed by atoms with E-state index in [4.69, 9.17) is 0 Å². The Labute approximate surface area is 113 Å². The zero-order valence-electron chi connectivity index (χ0n) is 11.7. The highest BCUT2D eigenvalue weighted by molar-refractivity contribution is 7.13. The van der Waals surface area contributed by atoms with E-state index in [9.17, 15) is 4.79 Å². The van der Waals surface area contributed by atoms with Crippen LogP contribution in [0.25, 0.3) is 0 Å². The summed E-state index contributed by atoms with van der Waals surface area (Å²) in [6.07, 6.45) is 6.52. The fourth-order valence-corrected chi connectivity index (χ4v) is 3.31. The Hall–Kier alpha value is -0.900. The molecule has 3 nitrogen and oxygen atoms in total. The second-order valence-electron chi connectivity index (χ2n) is 6.13. The van der Waals surface area contributed by atoms with Crippen LogP contribution in [0, 0.1) is 0 Å². The number of thiazole rings is 1. The van der Waals surface area contributed by atoms with E-state index in [1.165, 1.54) is 24.2 Å². The number of carbonyl (C=O) groups excluding carboxylic acids is 1. The third-order valence-corrected chi connectivity index (χ3v) is 4.96. The minimum atomic E-state index is 0.0229. The summed E-state index contributed by atoms with van der Waals surface area (Å²) in [6.45, 7) is 6.38. The minimum absolute atomic E-state index is 0.0229. The molecule has 1 amide bonds. The first-order valence-electron chi connectivity index (χ1n) is 6.63. The lowest BCUT2D eigenvalue weighted by molar-refractivity contribution is 0.0740. The quantitative estimate of drug-likeness (QED) is 0.821. The van der Waals surface area contributed by atoms with Crippen LogP contribution in [0.4, 0.5) is 0 Å². The smallest absolute Gasteiger partial charge is 0.265 e. The van der Waals surface area contributed by atoms with E-state index in [1.807, 2.05) is 11.9 Å². The zero-order valence-corrected chi connectivity index (χ0v) is 12.5. The first kappa shape index (κ1) is 13.5. The van der Waals surface area contributed by atoms with Crippen molar-refractivity contribution in [2.75, 3.05) is 7.05 Å². The van der Waals surface area contributed by atoms with Crippen molar-refractivity contribution in [3.63, 3.8) is 0 Å². The summed E-state index contributed by atoms with van der Waals surface area (Å²) < 4.78 is 0. The maximum Gasteiger partial charge on any atom is 0.265 e. The second-order valence-corrected chi connectivity index (χ2v) is 7.16. The summed E-state index contributed by atoms with van der Waals surface area (Å²) in [6, 6.07) is 0.428. The lowest BCUT2D eigenvalue weighted by atomic mass is 9.98. The Morgan fingerprint density at radius 2 is 2.00 bits per heavy atom. The molecular weight excluding hydrogens is 244 g/mol.